The van der Waals surface area contributed by atoms with Crippen LogP contribution in [0.15, 0.2) is 42.6 Å². The number of hydrogen-bond acceptors (Lipinski definition) is 7. The summed E-state index contributed by atoms with van der Waals surface area (Å²) in [5.74, 6) is -0.480. The first-order valence-electron chi connectivity index (χ1n) is 12.5. The number of aromatic nitrogens is 2. The number of carbonyl (C=O) groups excluding carboxylic acids is 1. The topological polar surface area (TPSA) is 105 Å². The third-order valence-electron chi connectivity index (χ3n) is 7.09. The van der Waals surface area contributed by atoms with Gasteiger partial charge in [-0.05, 0) is 49.1 Å². The maximum absolute atomic E-state index is 14.5. The van der Waals surface area contributed by atoms with Crippen molar-refractivity contribution < 1.29 is 18.1 Å². The fraction of sp³-hybridized carbons (Fsp3) is 0.407. The fourth-order valence-corrected chi connectivity index (χ4v) is 7.29. The van der Waals surface area contributed by atoms with E-state index in [0.717, 1.165) is 35.4 Å². The Balaban J connectivity index is 1.52. The van der Waals surface area contributed by atoms with Crippen LogP contribution in [0.4, 0.5) is 14.5 Å². The number of hydrogen-bond donors (Lipinski definition) is 1. The molecule has 1 saturated carbocycles. The number of amides is 1. The zero-order valence-electron chi connectivity index (χ0n) is 20.6. The lowest BCUT2D eigenvalue weighted by molar-refractivity contribution is -0.127. The highest BCUT2D eigenvalue weighted by atomic mass is 32.2. The van der Waals surface area contributed by atoms with Gasteiger partial charge in [0.25, 0.3) is 0 Å². The molecule has 3 aromatic rings. The Bertz CT molecular complexity index is 1300. The first-order chi connectivity index (χ1) is 18.4. The van der Waals surface area contributed by atoms with Gasteiger partial charge < -0.3 is 14.8 Å². The lowest BCUT2D eigenvalue weighted by atomic mass is 9.75. The second-order valence-electron chi connectivity index (χ2n) is 9.48. The average Bonchev–Trinajstić information content (AvgIpc) is 3.38. The quantitative estimate of drug-likeness (QED) is 0.356. The van der Waals surface area contributed by atoms with Gasteiger partial charge in [-0.25, -0.2) is 13.8 Å². The first kappa shape index (κ1) is 26.5. The number of nitrogens with zero attached hydrogens (tertiary/aromatic N) is 4. The molecular formula is C27H27F2N5O2S2. The summed E-state index contributed by atoms with van der Waals surface area (Å²) in [7, 11) is 0. The summed E-state index contributed by atoms with van der Waals surface area (Å²) in [6.45, 7) is 1.34. The Kier molecular flexibility index (Phi) is 8.21. The van der Waals surface area contributed by atoms with Gasteiger partial charge in [-0.2, -0.15) is 5.26 Å². The van der Waals surface area contributed by atoms with Crippen LogP contribution < -0.4 is 10.2 Å². The van der Waals surface area contributed by atoms with E-state index in [1.165, 1.54) is 17.4 Å². The molecule has 3 heterocycles. The molecule has 1 aromatic carbocycles. The molecule has 0 radical (unpaired) electrons. The smallest absolute Gasteiger partial charge is 0.224 e. The van der Waals surface area contributed by atoms with E-state index in [-0.39, 0.29) is 24.8 Å². The van der Waals surface area contributed by atoms with Crippen molar-refractivity contribution in [3.8, 4) is 27.2 Å². The van der Waals surface area contributed by atoms with Crippen LogP contribution in [0.3, 0.4) is 0 Å². The number of alkyl halides is 1. The third kappa shape index (κ3) is 5.82. The van der Waals surface area contributed by atoms with Gasteiger partial charge in [0.15, 0.2) is 0 Å². The Morgan fingerprint density at radius 3 is 2.66 bits per heavy atom. The lowest BCUT2D eigenvalue weighted by Gasteiger charge is -2.32. The van der Waals surface area contributed by atoms with E-state index in [0.29, 0.717) is 40.7 Å². The molecule has 38 heavy (non-hydrogen) atoms. The molecule has 1 aliphatic heterocycles. The van der Waals surface area contributed by atoms with Gasteiger partial charge in [0.05, 0.1) is 41.6 Å². The van der Waals surface area contributed by atoms with E-state index in [2.05, 4.69) is 15.2 Å². The lowest BCUT2D eigenvalue weighted by Crippen LogP contribution is -2.40. The van der Waals surface area contributed by atoms with E-state index >= 15 is 0 Å². The molecule has 1 aliphatic carbocycles. The maximum Gasteiger partial charge on any atom is 0.224 e. The SMILES string of the molecule is N#CCNC(=O)[C@@H]1C[C@@H](F)CC[C@H]1c1nc(-c2ccc(F)cn2)sc1-c1ccc(N2CC[S+]([O-])CC2)cc1. The maximum atomic E-state index is 14.5. The summed E-state index contributed by atoms with van der Waals surface area (Å²) >= 11 is 0.653. The molecule has 0 bridgehead atoms. The highest BCUT2D eigenvalue weighted by Gasteiger charge is 2.39. The largest absolute Gasteiger partial charge is 0.616 e. The minimum Gasteiger partial charge on any atom is -0.616 e. The summed E-state index contributed by atoms with van der Waals surface area (Å²) in [4.78, 5) is 25.1. The van der Waals surface area contributed by atoms with Gasteiger partial charge in [0.1, 0.15) is 35.0 Å². The van der Waals surface area contributed by atoms with Crippen molar-refractivity contribution in [2.75, 3.05) is 36.0 Å². The Morgan fingerprint density at radius 1 is 1.21 bits per heavy atom. The van der Waals surface area contributed by atoms with Crippen LogP contribution >= 0.6 is 11.3 Å². The number of rotatable bonds is 6. The van der Waals surface area contributed by atoms with Crippen molar-refractivity contribution in [1.29, 1.82) is 5.26 Å². The molecule has 0 spiro atoms. The summed E-state index contributed by atoms with van der Waals surface area (Å²) < 4.78 is 39.7. The number of thiazole rings is 1. The second-order valence-corrected chi connectivity index (χ2v) is 12.2. The Morgan fingerprint density at radius 2 is 1.97 bits per heavy atom. The molecule has 5 rings (SSSR count). The van der Waals surface area contributed by atoms with Gasteiger partial charge in [-0.1, -0.05) is 23.3 Å². The minimum absolute atomic E-state index is 0.0678. The molecule has 1 N–H and O–H groups in total. The molecule has 11 heteroatoms. The van der Waals surface area contributed by atoms with Crippen LogP contribution in [0.25, 0.3) is 21.1 Å². The van der Waals surface area contributed by atoms with Gasteiger partial charge in [0.2, 0.25) is 5.91 Å². The van der Waals surface area contributed by atoms with Crippen LogP contribution in [-0.2, 0) is 16.0 Å². The summed E-state index contributed by atoms with van der Waals surface area (Å²) in [6.07, 6.45) is 0.883. The second kappa shape index (κ2) is 11.8. The number of carbonyl (C=O) groups is 1. The molecule has 2 fully saturated rings. The van der Waals surface area contributed by atoms with Gasteiger partial charge in [0, 0.05) is 17.5 Å². The highest BCUT2D eigenvalue weighted by molar-refractivity contribution is 7.91. The average molecular weight is 556 g/mol. The van der Waals surface area contributed by atoms with E-state index in [1.807, 2.05) is 30.3 Å². The van der Waals surface area contributed by atoms with Gasteiger partial charge in [-0.3, -0.25) is 9.78 Å². The van der Waals surface area contributed by atoms with Crippen LogP contribution in [0.5, 0.6) is 0 Å². The highest BCUT2D eigenvalue weighted by Crippen LogP contribution is 2.46. The number of nitrogens with one attached hydrogen (secondary N) is 1. The number of halogens is 2. The Hall–Kier alpha value is -3.07. The molecule has 7 nitrogen and oxygen atoms in total. The first-order valence-corrected chi connectivity index (χ1v) is 14.8. The van der Waals surface area contributed by atoms with Crippen molar-refractivity contribution >= 4 is 34.1 Å². The number of benzene rings is 1. The third-order valence-corrected chi connectivity index (χ3v) is 9.51. The van der Waals surface area contributed by atoms with E-state index in [4.69, 9.17) is 10.2 Å². The van der Waals surface area contributed by atoms with Gasteiger partial charge in [-0.15, -0.1) is 11.3 Å². The number of nitriles is 1. The molecule has 3 atom stereocenters. The Labute approximate surface area is 227 Å². The monoisotopic (exact) mass is 555 g/mol. The summed E-state index contributed by atoms with van der Waals surface area (Å²) in [6, 6.07) is 12.9. The van der Waals surface area contributed by atoms with Crippen LogP contribution in [0, 0.1) is 23.1 Å². The van der Waals surface area contributed by atoms with Crippen molar-refractivity contribution in [2.45, 2.75) is 31.4 Å². The summed E-state index contributed by atoms with van der Waals surface area (Å²) in [5, 5.41) is 12.1. The van der Waals surface area contributed by atoms with Crippen LogP contribution in [0.1, 0.15) is 30.9 Å². The van der Waals surface area contributed by atoms with Crippen molar-refractivity contribution in [1.82, 2.24) is 15.3 Å². The van der Waals surface area contributed by atoms with Gasteiger partial charge >= 0.3 is 0 Å². The molecular weight excluding hydrogens is 528 g/mol. The number of anilines is 1. The molecule has 1 amide bonds. The molecule has 1 saturated heterocycles. The van der Waals surface area contributed by atoms with E-state index in [9.17, 15) is 18.1 Å². The predicted octanol–water partition coefficient (Wildman–Crippen LogP) is 4.44. The van der Waals surface area contributed by atoms with Crippen molar-refractivity contribution in [3.05, 3.63) is 54.1 Å². The zero-order valence-corrected chi connectivity index (χ0v) is 22.2. The predicted molar refractivity (Wildman–Crippen MR) is 144 cm³/mol. The number of pyridine rings is 1. The van der Waals surface area contributed by atoms with Crippen LogP contribution in [-0.4, -0.2) is 57.7 Å². The van der Waals surface area contributed by atoms with Crippen LogP contribution in [0.2, 0.25) is 0 Å². The van der Waals surface area contributed by atoms with Crippen molar-refractivity contribution in [3.63, 3.8) is 0 Å². The standard InChI is InChI=1S/C27H27F2N5O2S2/c28-18-3-7-21(22(15-18)26(35)31-10-9-30)24-25(37-27(33-24)23-8-4-19(29)16-32-23)17-1-5-20(6-2-17)34-11-13-38(36)14-12-34/h1-2,4-6,8,16,18,21-22H,3,7,10-15H2,(H,31,35)/t18-,21+,22+/m0/s1. The van der Waals surface area contributed by atoms with E-state index < -0.39 is 29.1 Å². The molecule has 2 aliphatic rings. The zero-order chi connectivity index (χ0) is 26.6. The fourth-order valence-electron chi connectivity index (χ4n) is 5.12. The molecule has 198 valence electrons. The summed E-state index contributed by atoms with van der Waals surface area (Å²) in [5.41, 5.74) is 3.17. The normalized spacial score (nSPS) is 22.2. The molecule has 0 unspecified atom stereocenters. The molecule has 2 aromatic heterocycles. The minimum atomic E-state index is -1.09. The van der Waals surface area contributed by atoms with Crippen molar-refractivity contribution in [2.24, 2.45) is 5.92 Å². The van der Waals surface area contributed by atoms with E-state index in [1.54, 1.807) is 6.07 Å².